The van der Waals surface area contributed by atoms with E-state index in [0.29, 0.717) is 0 Å². The Morgan fingerprint density at radius 2 is 1.88 bits per heavy atom. The van der Waals surface area contributed by atoms with Gasteiger partial charge in [0.05, 0.1) is 5.56 Å². The first-order valence-electron chi connectivity index (χ1n) is 5.31. The van der Waals surface area contributed by atoms with Crippen LogP contribution < -0.4 is 0 Å². The number of hydrogen-bond donors (Lipinski definition) is 2. The summed E-state index contributed by atoms with van der Waals surface area (Å²) in [6, 6.07) is 6.52. The van der Waals surface area contributed by atoms with E-state index < -0.39 is 13.8 Å². The van der Waals surface area contributed by atoms with Gasteiger partial charge in [-0.15, -0.1) is 0 Å². The number of carbonyl (C=O) groups is 1. The summed E-state index contributed by atoms with van der Waals surface area (Å²) in [4.78, 5) is 28.2. The van der Waals surface area contributed by atoms with Gasteiger partial charge in [-0.25, -0.2) is 9.36 Å². The minimum Gasteiger partial charge on any atom is -0.367 e. The SMILES string of the molecule is CCCCc1ccc(C(=O)OP(=O)(O)O)cc1. The van der Waals surface area contributed by atoms with Crippen LogP contribution in [0.2, 0.25) is 0 Å². The second-order valence-electron chi connectivity index (χ2n) is 3.67. The fraction of sp³-hybridized carbons (Fsp3) is 0.364. The Hall–Kier alpha value is -1.16. The molecule has 2 N–H and O–H groups in total. The molecule has 0 aliphatic carbocycles. The average molecular weight is 258 g/mol. The van der Waals surface area contributed by atoms with Crippen molar-refractivity contribution in [3.63, 3.8) is 0 Å². The number of benzene rings is 1. The highest BCUT2D eigenvalue weighted by Gasteiger charge is 2.21. The van der Waals surface area contributed by atoms with Crippen LogP contribution in [-0.2, 0) is 15.5 Å². The second-order valence-corrected chi connectivity index (χ2v) is 4.83. The molecular weight excluding hydrogens is 243 g/mol. The Kier molecular flexibility index (Phi) is 4.87. The Balaban J connectivity index is 2.67. The van der Waals surface area contributed by atoms with Crippen molar-refractivity contribution in [1.82, 2.24) is 0 Å². The maximum absolute atomic E-state index is 11.3. The van der Waals surface area contributed by atoms with E-state index in [1.54, 1.807) is 12.1 Å². The lowest BCUT2D eigenvalue weighted by Gasteiger charge is -2.05. The first-order valence-corrected chi connectivity index (χ1v) is 6.84. The molecule has 6 heteroatoms. The maximum Gasteiger partial charge on any atom is 0.527 e. The van der Waals surface area contributed by atoms with Gasteiger partial charge in [0.15, 0.2) is 0 Å². The second kappa shape index (κ2) is 5.96. The fourth-order valence-corrected chi connectivity index (χ4v) is 1.67. The molecular formula is C11H15O5P. The van der Waals surface area contributed by atoms with Gasteiger partial charge in [0.25, 0.3) is 0 Å². The molecule has 0 atom stereocenters. The number of phosphoric acid groups is 1. The molecule has 17 heavy (non-hydrogen) atoms. The summed E-state index contributed by atoms with van der Waals surface area (Å²) in [6.07, 6.45) is 3.07. The van der Waals surface area contributed by atoms with E-state index in [4.69, 9.17) is 9.79 Å². The molecule has 0 aliphatic rings. The predicted octanol–water partition coefficient (Wildman–Crippen LogP) is 2.28. The fourth-order valence-electron chi connectivity index (χ4n) is 1.35. The standard InChI is InChI=1S/C11H15O5P/c1-2-3-4-9-5-7-10(8-6-9)11(12)16-17(13,14)15/h5-8H,2-4H2,1H3,(H2,13,14,15). The molecule has 0 saturated carbocycles. The summed E-state index contributed by atoms with van der Waals surface area (Å²) in [7, 11) is -4.77. The van der Waals surface area contributed by atoms with Crippen molar-refractivity contribution >= 4 is 13.8 Å². The molecule has 1 aromatic carbocycles. The number of carbonyl (C=O) groups excluding carboxylic acids is 1. The molecule has 0 aliphatic heterocycles. The number of phosphoric ester groups is 1. The van der Waals surface area contributed by atoms with Crippen molar-refractivity contribution in [2.24, 2.45) is 0 Å². The van der Waals surface area contributed by atoms with Crippen molar-refractivity contribution in [3.8, 4) is 0 Å². The molecule has 0 heterocycles. The summed E-state index contributed by atoms with van der Waals surface area (Å²) in [5.41, 5.74) is 1.22. The third-order valence-electron chi connectivity index (χ3n) is 2.21. The number of unbranched alkanes of at least 4 members (excludes halogenated alkanes) is 1. The highest BCUT2D eigenvalue weighted by atomic mass is 31.2. The van der Waals surface area contributed by atoms with Crippen molar-refractivity contribution in [1.29, 1.82) is 0 Å². The minimum absolute atomic E-state index is 0.133. The van der Waals surface area contributed by atoms with Crippen LogP contribution in [0.25, 0.3) is 0 Å². The van der Waals surface area contributed by atoms with E-state index in [2.05, 4.69) is 11.4 Å². The molecule has 1 aromatic rings. The molecule has 0 spiro atoms. The number of aryl methyl sites for hydroxylation is 1. The summed E-state index contributed by atoms with van der Waals surface area (Å²) in [5.74, 6) is -1.01. The van der Waals surface area contributed by atoms with Crippen LogP contribution in [0.5, 0.6) is 0 Å². The van der Waals surface area contributed by atoms with Crippen molar-refractivity contribution < 1.29 is 23.7 Å². The largest absolute Gasteiger partial charge is 0.527 e. The third-order valence-corrected chi connectivity index (χ3v) is 2.61. The van der Waals surface area contributed by atoms with Gasteiger partial charge >= 0.3 is 13.8 Å². The topological polar surface area (TPSA) is 83.8 Å². The first-order chi connectivity index (χ1) is 7.92. The average Bonchev–Trinajstić information content (AvgIpc) is 2.24. The van der Waals surface area contributed by atoms with Crippen molar-refractivity contribution in [2.45, 2.75) is 26.2 Å². The molecule has 1 rings (SSSR count). The summed E-state index contributed by atoms with van der Waals surface area (Å²) >= 11 is 0. The lowest BCUT2D eigenvalue weighted by Crippen LogP contribution is -2.03. The van der Waals surface area contributed by atoms with Crippen LogP contribution in [0.3, 0.4) is 0 Å². The van der Waals surface area contributed by atoms with Gasteiger partial charge in [0.2, 0.25) is 0 Å². The molecule has 0 radical (unpaired) electrons. The zero-order valence-corrected chi connectivity index (χ0v) is 10.4. The summed E-state index contributed by atoms with van der Waals surface area (Å²) < 4.78 is 14.4. The molecule has 0 saturated heterocycles. The summed E-state index contributed by atoms with van der Waals surface area (Å²) in [5, 5.41) is 0. The Labute approximate surface area is 99.7 Å². The molecule has 94 valence electrons. The van der Waals surface area contributed by atoms with Gasteiger partial charge in [0.1, 0.15) is 0 Å². The van der Waals surface area contributed by atoms with Gasteiger partial charge in [-0.1, -0.05) is 25.5 Å². The molecule has 0 bridgehead atoms. The number of rotatable bonds is 5. The van der Waals surface area contributed by atoms with Gasteiger partial charge in [-0.3, -0.25) is 9.79 Å². The van der Waals surface area contributed by atoms with Crippen molar-refractivity contribution in [3.05, 3.63) is 35.4 Å². The number of hydrogen-bond acceptors (Lipinski definition) is 3. The summed E-state index contributed by atoms with van der Waals surface area (Å²) in [6.45, 7) is 2.09. The monoisotopic (exact) mass is 258 g/mol. The Morgan fingerprint density at radius 3 is 2.35 bits per heavy atom. The molecule has 5 nitrogen and oxygen atoms in total. The Morgan fingerprint density at radius 1 is 1.29 bits per heavy atom. The molecule has 0 aromatic heterocycles. The zero-order valence-electron chi connectivity index (χ0n) is 9.50. The highest BCUT2D eigenvalue weighted by molar-refractivity contribution is 7.46. The van der Waals surface area contributed by atoms with Gasteiger partial charge in [-0.05, 0) is 30.5 Å². The van der Waals surface area contributed by atoms with Crippen LogP contribution in [0.1, 0.15) is 35.7 Å². The van der Waals surface area contributed by atoms with E-state index in [9.17, 15) is 9.36 Å². The van der Waals surface area contributed by atoms with E-state index in [-0.39, 0.29) is 5.56 Å². The van der Waals surface area contributed by atoms with E-state index in [1.807, 2.05) is 0 Å². The third kappa shape index (κ3) is 5.13. The van der Waals surface area contributed by atoms with Crippen molar-refractivity contribution in [2.75, 3.05) is 0 Å². The van der Waals surface area contributed by atoms with E-state index in [1.165, 1.54) is 12.1 Å². The highest BCUT2D eigenvalue weighted by Crippen LogP contribution is 2.36. The van der Waals surface area contributed by atoms with Crippen LogP contribution in [0, 0.1) is 0 Å². The van der Waals surface area contributed by atoms with Crippen LogP contribution in [0.4, 0.5) is 0 Å². The lowest BCUT2D eigenvalue weighted by molar-refractivity contribution is 0.0678. The van der Waals surface area contributed by atoms with Gasteiger partial charge in [-0.2, -0.15) is 0 Å². The minimum atomic E-state index is -4.77. The maximum atomic E-state index is 11.3. The van der Waals surface area contributed by atoms with E-state index in [0.717, 1.165) is 24.8 Å². The van der Waals surface area contributed by atoms with Crippen LogP contribution >= 0.6 is 7.82 Å². The Bertz CT molecular complexity index is 420. The molecule has 0 unspecified atom stereocenters. The van der Waals surface area contributed by atoms with E-state index >= 15 is 0 Å². The lowest BCUT2D eigenvalue weighted by atomic mass is 10.1. The molecule has 0 amide bonds. The predicted molar refractivity (Wildman–Crippen MR) is 62.5 cm³/mol. The van der Waals surface area contributed by atoms with Gasteiger partial charge in [0, 0.05) is 0 Å². The normalized spacial score (nSPS) is 11.2. The zero-order chi connectivity index (χ0) is 12.9. The smallest absolute Gasteiger partial charge is 0.367 e. The quantitative estimate of drug-likeness (QED) is 0.791. The molecule has 0 fully saturated rings. The first kappa shape index (κ1) is 13.9. The van der Waals surface area contributed by atoms with Crippen LogP contribution in [0.15, 0.2) is 24.3 Å². The van der Waals surface area contributed by atoms with Crippen LogP contribution in [-0.4, -0.2) is 15.8 Å². The van der Waals surface area contributed by atoms with Gasteiger partial charge < -0.3 is 4.52 Å².